The Bertz CT molecular complexity index is 1240. The second-order valence-corrected chi connectivity index (χ2v) is 14.0. The van der Waals surface area contributed by atoms with E-state index in [-0.39, 0.29) is 22.5 Å². The van der Waals surface area contributed by atoms with Gasteiger partial charge in [0.05, 0.1) is 14.8 Å². The van der Waals surface area contributed by atoms with Gasteiger partial charge in [0.25, 0.3) is 0 Å². The molecule has 1 aromatic heterocycles. The van der Waals surface area contributed by atoms with Crippen LogP contribution < -0.4 is 15.4 Å². The zero-order valence-electron chi connectivity index (χ0n) is 22.0. The van der Waals surface area contributed by atoms with Crippen molar-refractivity contribution in [3.63, 3.8) is 0 Å². The van der Waals surface area contributed by atoms with Gasteiger partial charge in [0.15, 0.2) is 0 Å². The molecule has 12 heteroatoms. The lowest BCUT2D eigenvalue weighted by atomic mass is 9.86. The van der Waals surface area contributed by atoms with Crippen molar-refractivity contribution in [2.24, 2.45) is 0 Å². The van der Waals surface area contributed by atoms with Crippen LogP contribution in [0, 0.1) is 0 Å². The van der Waals surface area contributed by atoms with E-state index in [1.54, 1.807) is 33.0 Å². The number of carbonyl (C=O) groups excluding carboxylic acids is 1. The van der Waals surface area contributed by atoms with Gasteiger partial charge in [0, 0.05) is 34.9 Å². The summed E-state index contributed by atoms with van der Waals surface area (Å²) >= 11 is 1.43. The molecule has 1 saturated carbocycles. The summed E-state index contributed by atoms with van der Waals surface area (Å²) in [6, 6.07) is 4.50. The highest BCUT2D eigenvalue weighted by molar-refractivity contribution is 7.89. The van der Waals surface area contributed by atoms with E-state index < -0.39 is 33.3 Å². The van der Waals surface area contributed by atoms with E-state index in [9.17, 15) is 18.0 Å². The molecule has 1 aromatic carbocycles. The monoisotopic (exact) mass is 552 g/mol. The number of benzene rings is 1. The first-order valence-electron chi connectivity index (χ1n) is 12.2. The molecule has 204 valence electrons. The van der Waals surface area contributed by atoms with Gasteiger partial charge in [-0.1, -0.05) is 6.07 Å². The Balaban J connectivity index is 1.79. The molecule has 1 aliphatic carbocycles. The van der Waals surface area contributed by atoms with E-state index in [0.29, 0.717) is 10.4 Å². The van der Waals surface area contributed by atoms with E-state index in [2.05, 4.69) is 20.3 Å². The van der Waals surface area contributed by atoms with Crippen LogP contribution in [0.3, 0.4) is 0 Å². The van der Waals surface area contributed by atoms with Crippen molar-refractivity contribution in [1.29, 1.82) is 0 Å². The minimum Gasteiger partial charge on any atom is -0.465 e. The average Bonchev–Trinajstić information content (AvgIpc) is 3.21. The number of thiazole rings is 1. The first kappa shape index (κ1) is 28.9. The van der Waals surface area contributed by atoms with Gasteiger partial charge in [-0.2, -0.15) is 0 Å². The normalized spacial score (nSPS) is 18.8. The minimum absolute atomic E-state index is 0.0193. The number of aromatic nitrogens is 1. The number of nitrogens with one attached hydrogen (secondary N) is 3. The molecule has 0 unspecified atom stereocenters. The molecule has 2 amide bonds. The lowest BCUT2D eigenvalue weighted by Crippen LogP contribution is -2.40. The number of alkyl carbamates (subject to hydrolysis) is 1. The molecule has 0 saturated heterocycles. The largest absolute Gasteiger partial charge is 0.465 e. The fourth-order valence-electron chi connectivity index (χ4n) is 4.17. The Morgan fingerprint density at radius 3 is 2.30 bits per heavy atom. The maximum Gasteiger partial charge on any atom is 0.409 e. The second-order valence-electron chi connectivity index (χ2n) is 11.3. The van der Waals surface area contributed by atoms with Crippen LogP contribution in [-0.2, 0) is 14.8 Å². The second kappa shape index (κ2) is 11.0. The molecule has 0 aliphatic heterocycles. The lowest BCUT2D eigenvalue weighted by Gasteiger charge is -2.29. The quantitative estimate of drug-likeness (QED) is 0.368. The third-order valence-electron chi connectivity index (χ3n) is 5.55. The number of amides is 2. The fraction of sp³-hybridized carbons (Fsp3) is 0.560. The third kappa shape index (κ3) is 8.41. The summed E-state index contributed by atoms with van der Waals surface area (Å²) in [5.41, 5.74) is -0.658. The van der Waals surface area contributed by atoms with Crippen molar-refractivity contribution in [3.05, 3.63) is 29.4 Å². The van der Waals surface area contributed by atoms with Crippen molar-refractivity contribution < 1.29 is 27.9 Å². The Labute approximate surface area is 222 Å². The summed E-state index contributed by atoms with van der Waals surface area (Å²) in [6.07, 6.45) is 3.24. The van der Waals surface area contributed by atoms with Crippen molar-refractivity contribution in [2.45, 2.75) is 95.2 Å². The molecule has 0 atom stereocenters. The lowest BCUT2D eigenvalue weighted by molar-refractivity contribution is 0.0491. The molecular formula is C25H36N4O6S2. The summed E-state index contributed by atoms with van der Waals surface area (Å²) in [7, 11) is -3.96. The van der Waals surface area contributed by atoms with Crippen LogP contribution in [0.1, 0.15) is 78.2 Å². The van der Waals surface area contributed by atoms with E-state index in [0.717, 1.165) is 30.7 Å². The number of anilines is 1. The molecule has 0 spiro atoms. The number of hydrogen-bond donors (Lipinski definition) is 4. The summed E-state index contributed by atoms with van der Waals surface area (Å²) in [5.74, 6) is 0.205. The summed E-state index contributed by atoms with van der Waals surface area (Å²) in [5, 5.41) is 15.2. The number of sulfonamides is 1. The molecular weight excluding hydrogens is 516 g/mol. The Hall–Kier alpha value is -2.70. The van der Waals surface area contributed by atoms with E-state index in [1.807, 2.05) is 20.8 Å². The van der Waals surface area contributed by atoms with Gasteiger partial charge in [-0.05, 0) is 79.4 Å². The molecule has 4 N–H and O–H groups in total. The molecule has 3 rings (SSSR count). The molecule has 0 radical (unpaired) electrons. The maximum absolute atomic E-state index is 13.3. The van der Waals surface area contributed by atoms with Crippen LogP contribution in [-0.4, -0.2) is 47.9 Å². The standard InChI is InChI=1S/C25H36N4O6S2/c1-24(2,3)29-37(33,34)20-13-17(27-22(30)31)11-12-18(20)19-14-26-21(36-19)15-7-9-16(10-8-15)28-23(32)35-25(4,5)6/h11-16,27,29H,7-10H2,1-6H3,(H,28,32)(H,30,31). The van der Waals surface area contributed by atoms with Crippen LogP contribution in [0.2, 0.25) is 0 Å². The van der Waals surface area contributed by atoms with E-state index in [4.69, 9.17) is 9.84 Å². The zero-order chi connectivity index (χ0) is 27.6. The van der Waals surface area contributed by atoms with Crippen LogP contribution in [0.4, 0.5) is 15.3 Å². The zero-order valence-corrected chi connectivity index (χ0v) is 23.7. The summed E-state index contributed by atoms with van der Waals surface area (Å²) < 4.78 is 34.5. The average molecular weight is 553 g/mol. The molecule has 1 heterocycles. The predicted molar refractivity (Wildman–Crippen MR) is 144 cm³/mol. The van der Waals surface area contributed by atoms with Gasteiger partial charge in [-0.15, -0.1) is 11.3 Å². The molecule has 1 aliphatic rings. The molecule has 1 fully saturated rings. The number of rotatable bonds is 6. The fourth-order valence-corrected chi connectivity index (χ4v) is 7.02. The molecule has 2 aromatic rings. The van der Waals surface area contributed by atoms with Crippen LogP contribution in [0.25, 0.3) is 10.4 Å². The van der Waals surface area contributed by atoms with Gasteiger partial charge in [0.1, 0.15) is 5.60 Å². The molecule has 37 heavy (non-hydrogen) atoms. The number of ether oxygens (including phenoxy) is 1. The SMILES string of the molecule is CC(C)(C)NS(=O)(=O)c1cc(NC(=O)O)ccc1-c1cnc(C2CCC(NC(=O)OC(C)(C)C)CC2)s1. The maximum atomic E-state index is 13.3. The summed E-state index contributed by atoms with van der Waals surface area (Å²) in [4.78, 5) is 28.5. The highest BCUT2D eigenvalue weighted by Crippen LogP contribution is 2.40. The number of carboxylic acid groups (broad SMARTS) is 1. The minimum atomic E-state index is -3.96. The first-order valence-corrected chi connectivity index (χ1v) is 14.5. The van der Waals surface area contributed by atoms with Gasteiger partial charge in [0.2, 0.25) is 10.0 Å². The van der Waals surface area contributed by atoms with Gasteiger partial charge >= 0.3 is 12.2 Å². The van der Waals surface area contributed by atoms with Gasteiger partial charge < -0.3 is 15.2 Å². The van der Waals surface area contributed by atoms with Crippen LogP contribution in [0.5, 0.6) is 0 Å². The first-order chi connectivity index (χ1) is 17.0. The van der Waals surface area contributed by atoms with Crippen LogP contribution >= 0.6 is 11.3 Å². The topological polar surface area (TPSA) is 147 Å². The molecule has 10 nitrogen and oxygen atoms in total. The number of nitrogens with zero attached hydrogens (tertiary/aromatic N) is 1. The van der Waals surface area contributed by atoms with Crippen molar-refractivity contribution in [3.8, 4) is 10.4 Å². The highest BCUT2D eigenvalue weighted by atomic mass is 32.2. The predicted octanol–water partition coefficient (Wildman–Crippen LogP) is 5.53. The van der Waals surface area contributed by atoms with Crippen molar-refractivity contribution >= 4 is 39.2 Å². The van der Waals surface area contributed by atoms with E-state index in [1.165, 1.54) is 23.5 Å². The number of hydrogen-bond acceptors (Lipinski definition) is 7. The Kier molecular flexibility index (Phi) is 8.55. The Morgan fingerprint density at radius 2 is 1.73 bits per heavy atom. The molecule has 0 bridgehead atoms. The smallest absolute Gasteiger partial charge is 0.409 e. The highest BCUT2D eigenvalue weighted by Gasteiger charge is 2.29. The van der Waals surface area contributed by atoms with Gasteiger partial charge in [-0.25, -0.2) is 27.7 Å². The Morgan fingerprint density at radius 1 is 1.08 bits per heavy atom. The number of carbonyl (C=O) groups is 2. The third-order valence-corrected chi connectivity index (χ3v) is 8.54. The summed E-state index contributed by atoms with van der Waals surface area (Å²) in [6.45, 7) is 10.7. The van der Waals surface area contributed by atoms with Gasteiger partial charge in [-0.3, -0.25) is 5.32 Å². The van der Waals surface area contributed by atoms with E-state index >= 15 is 0 Å². The van der Waals surface area contributed by atoms with Crippen LogP contribution in [0.15, 0.2) is 29.3 Å². The van der Waals surface area contributed by atoms with Crippen molar-refractivity contribution in [2.75, 3.05) is 5.32 Å². The van der Waals surface area contributed by atoms with Crippen molar-refractivity contribution in [1.82, 2.24) is 15.0 Å².